The average molecular weight is 391 g/mol. The van der Waals surface area contributed by atoms with E-state index in [4.69, 9.17) is 0 Å². The zero-order valence-corrected chi connectivity index (χ0v) is 16.0. The summed E-state index contributed by atoms with van der Waals surface area (Å²) in [6.45, 7) is 0.349. The van der Waals surface area contributed by atoms with E-state index in [2.05, 4.69) is 10.4 Å². The van der Waals surface area contributed by atoms with E-state index in [1.54, 1.807) is 30.1 Å². The minimum Gasteiger partial charge on any atom is -0.377 e. The van der Waals surface area contributed by atoms with E-state index in [1.165, 1.54) is 11.0 Å². The van der Waals surface area contributed by atoms with Crippen molar-refractivity contribution in [2.75, 3.05) is 12.4 Å². The van der Waals surface area contributed by atoms with Gasteiger partial charge in [-0.05, 0) is 37.1 Å². The van der Waals surface area contributed by atoms with E-state index in [1.807, 2.05) is 36.5 Å². The molecule has 1 heterocycles. The molecule has 1 fully saturated rings. The van der Waals surface area contributed by atoms with E-state index in [0.29, 0.717) is 18.3 Å². The highest BCUT2D eigenvalue weighted by atomic mass is 16.6. The number of benzene rings is 2. The van der Waals surface area contributed by atoms with Gasteiger partial charge >= 0.3 is 0 Å². The molecule has 0 bridgehead atoms. The first-order valence-corrected chi connectivity index (χ1v) is 9.40. The van der Waals surface area contributed by atoms with Crippen LogP contribution in [0.5, 0.6) is 0 Å². The summed E-state index contributed by atoms with van der Waals surface area (Å²) in [5.74, 6) is -0.279. The molecule has 0 atom stereocenters. The van der Waals surface area contributed by atoms with E-state index in [-0.39, 0.29) is 17.2 Å². The Bertz CT molecular complexity index is 1040. The highest BCUT2D eigenvalue weighted by Gasteiger charge is 2.26. The second kappa shape index (κ2) is 7.75. The summed E-state index contributed by atoms with van der Waals surface area (Å²) in [4.78, 5) is 25.3. The van der Waals surface area contributed by atoms with Crippen molar-refractivity contribution in [3.8, 4) is 5.69 Å². The molecule has 1 N–H and O–H groups in total. The van der Waals surface area contributed by atoms with Gasteiger partial charge < -0.3 is 10.2 Å². The lowest BCUT2D eigenvalue weighted by Crippen LogP contribution is -2.26. The zero-order chi connectivity index (χ0) is 20.4. The molecule has 2 aromatic carbocycles. The molecule has 0 unspecified atom stereocenters. The molecule has 0 spiro atoms. The Labute approximate surface area is 167 Å². The van der Waals surface area contributed by atoms with E-state index in [9.17, 15) is 14.9 Å². The lowest BCUT2D eigenvalue weighted by Gasteiger charge is -2.16. The van der Waals surface area contributed by atoms with Gasteiger partial charge in [0.05, 0.1) is 16.8 Å². The Hall–Kier alpha value is -3.68. The van der Waals surface area contributed by atoms with Crippen molar-refractivity contribution in [3.63, 3.8) is 0 Å². The number of amides is 1. The van der Waals surface area contributed by atoms with Gasteiger partial charge in [-0.3, -0.25) is 14.9 Å². The molecule has 1 aliphatic carbocycles. The minimum absolute atomic E-state index is 0.0759. The third kappa shape index (κ3) is 4.26. The molecule has 4 rings (SSSR count). The summed E-state index contributed by atoms with van der Waals surface area (Å²) in [6.07, 6.45) is 5.60. The van der Waals surface area contributed by atoms with E-state index >= 15 is 0 Å². The van der Waals surface area contributed by atoms with Gasteiger partial charge in [0.2, 0.25) is 0 Å². The van der Waals surface area contributed by atoms with Crippen molar-refractivity contribution in [3.05, 3.63) is 82.2 Å². The van der Waals surface area contributed by atoms with Crippen molar-refractivity contribution in [2.24, 2.45) is 0 Å². The van der Waals surface area contributed by atoms with Gasteiger partial charge in [0.1, 0.15) is 5.69 Å². The minimum atomic E-state index is -0.453. The summed E-state index contributed by atoms with van der Waals surface area (Å²) in [5.41, 5.74) is 2.47. The van der Waals surface area contributed by atoms with Gasteiger partial charge in [-0.15, -0.1) is 0 Å². The van der Waals surface area contributed by atoms with Gasteiger partial charge in [0, 0.05) is 43.0 Å². The van der Waals surface area contributed by atoms with Crippen LogP contribution in [-0.4, -0.2) is 38.6 Å². The number of hydrogen-bond donors (Lipinski definition) is 1. The van der Waals surface area contributed by atoms with Crippen molar-refractivity contribution in [1.82, 2.24) is 14.7 Å². The van der Waals surface area contributed by atoms with Crippen LogP contribution in [0.15, 0.2) is 60.9 Å². The Morgan fingerprint density at radius 2 is 2.03 bits per heavy atom. The fourth-order valence-electron chi connectivity index (χ4n) is 3.12. The van der Waals surface area contributed by atoms with Gasteiger partial charge in [0.25, 0.3) is 11.6 Å². The third-order valence-electron chi connectivity index (χ3n) is 4.80. The number of hydrogen-bond acceptors (Lipinski definition) is 5. The molecule has 8 heteroatoms. The van der Waals surface area contributed by atoms with Crippen LogP contribution in [0.2, 0.25) is 0 Å². The molecule has 0 aliphatic heterocycles. The highest BCUT2D eigenvalue weighted by molar-refractivity contribution is 5.95. The summed E-state index contributed by atoms with van der Waals surface area (Å²) in [5, 5.41) is 18.9. The van der Waals surface area contributed by atoms with Crippen LogP contribution < -0.4 is 5.32 Å². The molecule has 1 aliphatic rings. The Kier molecular flexibility index (Phi) is 4.99. The number of carbonyl (C=O) groups is 1. The predicted molar refractivity (Wildman–Crippen MR) is 109 cm³/mol. The maximum atomic E-state index is 12.8. The molecular weight excluding hydrogens is 370 g/mol. The van der Waals surface area contributed by atoms with Gasteiger partial charge in [0.15, 0.2) is 0 Å². The fourth-order valence-corrected chi connectivity index (χ4v) is 3.12. The first-order chi connectivity index (χ1) is 14.0. The summed E-state index contributed by atoms with van der Waals surface area (Å²) in [6, 6.07) is 14.6. The molecule has 0 radical (unpaired) electrons. The number of aromatic nitrogens is 2. The van der Waals surface area contributed by atoms with Gasteiger partial charge in [-0.1, -0.05) is 18.2 Å². The molecule has 3 aromatic rings. The maximum Gasteiger partial charge on any atom is 0.293 e. The monoisotopic (exact) mass is 391 g/mol. The SMILES string of the molecule is CN(Cc1cnn(-c2ccccc2)c1)C(=O)c1ccc(NC2CC2)c([N+](=O)[O-])c1. The first kappa shape index (κ1) is 18.7. The topological polar surface area (TPSA) is 93.3 Å². The lowest BCUT2D eigenvalue weighted by molar-refractivity contribution is -0.384. The second-order valence-corrected chi connectivity index (χ2v) is 7.20. The Morgan fingerprint density at radius 3 is 2.72 bits per heavy atom. The van der Waals surface area contributed by atoms with Crippen molar-refractivity contribution < 1.29 is 9.72 Å². The molecule has 1 aromatic heterocycles. The number of nitrogens with zero attached hydrogens (tertiary/aromatic N) is 4. The second-order valence-electron chi connectivity index (χ2n) is 7.20. The number of nitrogens with one attached hydrogen (secondary N) is 1. The number of nitro benzene ring substituents is 1. The molecule has 0 saturated heterocycles. The third-order valence-corrected chi connectivity index (χ3v) is 4.80. The van der Waals surface area contributed by atoms with E-state index in [0.717, 1.165) is 24.1 Å². The number of anilines is 1. The Balaban J connectivity index is 1.48. The fraction of sp³-hybridized carbons (Fsp3) is 0.238. The quantitative estimate of drug-likeness (QED) is 0.490. The summed E-state index contributed by atoms with van der Waals surface area (Å²) in [7, 11) is 1.67. The molecule has 1 saturated carbocycles. The predicted octanol–water partition coefficient (Wildman–Crippen LogP) is 3.63. The van der Waals surface area contributed by atoms with Crippen LogP contribution in [0.4, 0.5) is 11.4 Å². The summed E-state index contributed by atoms with van der Waals surface area (Å²) >= 11 is 0. The Morgan fingerprint density at radius 1 is 1.28 bits per heavy atom. The van der Waals surface area contributed by atoms with Crippen LogP contribution in [0, 0.1) is 10.1 Å². The molecule has 148 valence electrons. The molecule has 8 nitrogen and oxygen atoms in total. The van der Waals surface area contributed by atoms with Crippen LogP contribution in [0.3, 0.4) is 0 Å². The molecule has 1 amide bonds. The molecule has 29 heavy (non-hydrogen) atoms. The lowest BCUT2D eigenvalue weighted by atomic mass is 10.1. The van der Waals surface area contributed by atoms with E-state index < -0.39 is 4.92 Å². The maximum absolute atomic E-state index is 12.8. The summed E-state index contributed by atoms with van der Waals surface area (Å²) < 4.78 is 1.75. The van der Waals surface area contributed by atoms with Crippen molar-refractivity contribution >= 4 is 17.3 Å². The molecular formula is C21H21N5O3. The van der Waals surface area contributed by atoms with Crippen molar-refractivity contribution in [2.45, 2.75) is 25.4 Å². The van der Waals surface area contributed by atoms with Crippen LogP contribution in [0.1, 0.15) is 28.8 Å². The number of para-hydroxylation sites is 1. The van der Waals surface area contributed by atoms with Crippen molar-refractivity contribution in [1.29, 1.82) is 0 Å². The number of rotatable bonds is 7. The van der Waals surface area contributed by atoms with Gasteiger partial charge in [-0.2, -0.15) is 5.10 Å². The van der Waals surface area contributed by atoms with Gasteiger partial charge in [-0.25, -0.2) is 4.68 Å². The number of carbonyl (C=O) groups excluding carboxylic acids is 1. The average Bonchev–Trinajstić information content (AvgIpc) is 3.43. The standard InChI is InChI=1S/C21H21N5O3/c1-24(13-15-12-22-25(14-15)18-5-3-2-4-6-18)21(27)16-7-10-19(23-17-8-9-17)20(11-16)26(28)29/h2-7,10-12,14,17,23H,8-9,13H2,1H3. The largest absolute Gasteiger partial charge is 0.377 e. The first-order valence-electron chi connectivity index (χ1n) is 9.40. The number of nitro groups is 1. The zero-order valence-electron chi connectivity index (χ0n) is 16.0. The smallest absolute Gasteiger partial charge is 0.293 e. The van der Waals surface area contributed by atoms with Crippen LogP contribution in [-0.2, 0) is 6.54 Å². The normalized spacial score (nSPS) is 13.1. The van der Waals surface area contributed by atoms with Crippen LogP contribution in [0.25, 0.3) is 5.69 Å². The van der Waals surface area contributed by atoms with Crippen LogP contribution >= 0.6 is 0 Å². The highest BCUT2D eigenvalue weighted by Crippen LogP contribution is 2.31.